The van der Waals surface area contributed by atoms with Crippen LogP contribution in [0, 0.1) is 5.82 Å². The van der Waals surface area contributed by atoms with E-state index in [4.69, 9.17) is 0 Å². The molecule has 0 N–H and O–H groups in total. The number of halogens is 2. The molecule has 14 heavy (non-hydrogen) atoms. The monoisotopic (exact) mass is 252 g/mol. The highest BCUT2D eigenvalue weighted by Crippen LogP contribution is 2.27. The predicted octanol–water partition coefficient (Wildman–Crippen LogP) is 3.05. The van der Waals surface area contributed by atoms with E-state index in [1.165, 1.54) is 6.07 Å². The highest BCUT2D eigenvalue weighted by molar-refractivity contribution is 9.10. The molecule has 0 atom stereocenters. The number of rotatable bonds is 1. The summed E-state index contributed by atoms with van der Waals surface area (Å²) in [5, 5.41) is 0. The molecule has 0 aliphatic carbocycles. The molecule has 0 fully saturated rings. The molecule has 0 saturated heterocycles. The van der Waals surface area contributed by atoms with E-state index in [1.807, 2.05) is 0 Å². The topological polar surface area (TPSA) is 25.8 Å². The molecule has 0 aliphatic heterocycles. The Morgan fingerprint density at radius 2 is 1.79 bits per heavy atom. The Hall–Kier alpha value is -1.29. The number of hydrogen-bond acceptors (Lipinski definition) is 2. The van der Waals surface area contributed by atoms with Crippen molar-refractivity contribution in [3.05, 3.63) is 46.9 Å². The zero-order chi connectivity index (χ0) is 9.97. The van der Waals surface area contributed by atoms with Gasteiger partial charge < -0.3 is 0 Å². The molecule has 0 saturated carbocycles. The Morgan fingerprint density at radius 3 is 2.43 bits per heavy atom. The Morgan fingerprint density at radius 1 is 1.07 bits per heavy atom. The van der Waals surface area contributed by atoms with E-state index in [-0.39, 0.29) is 5.82 Å². The van der Waals surface area contributed by atoms with Crippen LogP contribution in [0.15, 0.2) is 41.1 Å². The van der Waals surface area contributed by atoms with Gasteiger partial charge in [0.2, 0.25) is 0 Å². The lowest BCUT2D eigenvalue weighted by molar-refractivity contribution is 0.629. The molecule has 0 radical (unpaired) electrons. The van der Waals surface area contributed by atoms with Gasteiger partial charge in [-0.3, -0.25) is 0 Å². The van der Waals surface area contributed by atoms with E-state index < -0.39 is 0 Å². The molecular formula is C10H6BrFN2. The standard InChI is InChI=1S/C10H6BrFN2/c11-7-3-1-4-8(12)9(7)10-13-5-2-6-14-10/h1-6H. The van der Waals surface area contributed by atoms with Crippen molar-refractivity contribution >= 4 is 15.9 Å². The van der Waals surface area contributed by atoms with Crippen LogP contribution in [-0.4, -0.2) is 9.97 Å². The summed E-state index contributed by atoms with van der Waals surface area (Å²) in [6.07, 6.45) is 3.17. The average Bonchev–Trinajstić information content (AvgIpc) is 2.19. The SMILES string of the molecule is Fc1cccc(Br)c1-c1ncccn1. The van der Waals surface area contributed by atoms with Crippen LogP contribution in [0.4, 0.5) is 4.39 Å². The number of hydrogen-bond donors (Lipinski definition) is 0. The maximum atomic E-state index is 13.4. The zero-order valence-electron chi connectivity index (χ0n) is 7.11. The van der Waals surface area contributed by atoms with E-state index in [0.29, 0.717) is 15.9 Å². The Balaban J connectivity index is 2.63. The maximum Gasteiger partial charge on any atom is 0.163 e. The van der Waals surface area contributed by atoms with Crippen molar-refractivity contribution in [2.45, 2.75) is 0 Å². The average molecular weight is 253 g/mol. The lowest BCUT2D eigenvalue weighted by Crippen LogP contribution is -1.91. The lowest BCUT2D eigenvalue weighted by Gasteiger charge is -2.03. The van der Waals surface area contributed by atoms with Crippen molar-refractivity contribution in [3.8, 4) is 11.4 Å². The molecule has 2 rings (SSSR count). The second-order valence-electron chi connectivity index (χ2n) is 2.67. The van der Waals surface area contributed by atoms with Crippen LogP contribution in [0.2, 0.25) is 0 Å². The first-order valence-corrected chi connectivity index (χ1v) is 4.80. The minimum absolute atomic E-state index is 0.328. The predicted molar refractivity (Wildman–Crippen MR) is 55.1 cm³/mol. The number of aromatic nitrogens is 2. The van der Waals surface area contributed by atoms with Gasteiger partial charge in [-0.15, -0.1) is 0 Å². The van der Waals surface area contributed by atoms with Crippen LogP contribution in [0.25, 0.3) is 11.4 Å². The maximum absolute atomic E-state index is 13.4. The van der Waals surface area contributed by atoms with Gasteiger partial charge in [0, 0.05) is 16.9 Å². The molecule has 0 bridgehead atoms. The highest BCUT2D eigenvalue weighted by Gasteiger charge is 2.10. The molecule has 2 aromatic rings. The fraction of sp³-hybridized carbons (Fsp3) is 0. The van der Waals surface area contributed by atoms with Gasteiger partial charge in [0.25, 0.3) is 0 Å². The van der Waals surface area contributed by atoms with Crippen LogP contribution in [0.1, 0.15) is 0 Å². The fourth-order valence-corrected chi connectivity index (χ4v) is 1.66. The summed E-state index contributed by atoms with van der Waals surface area (Å²) in [6, 6.07) is 6.47. The Bertz CT molecular complexity index is 425. The van der Waals surface area contributed by atoms with E-state index in [2.05, 4.69) is 25.9 Å². The van der Waals surface area contributed by atoms with Crippen molar-refractivity contribution in [2.75, 3.05) is 0 Å². The van der Waals surface area contributed by atoms with Gasteiger partial charge in [-0.1, -0.05) is 6.07 Å². The molecule has 4 heteroatoms. The second kappa shape index (κ2) is 3.84. The zero-order valence-corrected chi connectivity index (χ0v) is 8.70. The molecular weight excluding hydrogens is 247 g/mol. The summed E-state index contributed by atoms with van der Waals surface area (Å²) in [5.41, 5.74) is 0.396. The van der Waals surface area contributed by atoms with E-state index in [1.54, 1.807) is 30.6 Å². The minimum atomic E-state index is -0.328. The molecule has 1 aromatic carbocycles. The van der Waals surface area contributed by atoms with Gasteiger partial charge >= 0.3 is 0 Å². The van der Waals surface area contributed by atoms with Crippen molar-refractivity contribution in [1.82, 2.24) is 9.97 Å². The van der Waals surface area contributed by atoms with Gasteiger partial charge in [0.1, 0.15) is 5.82 Å². The summed E-state index contributed by atoms with van der Waals surface area (Å²) < 4.78 is 14.1. The summed E-state index contributed by atoms with van der Waals surface area (Å²) in [4.78, 5) is 7.98. The number of nitrogens with zero attached hydrogens (tertiary/aromatic N) is 2. The Kier molecular flexibility index (Phi) is 2.54. The summed E-state index contributed by atoms with van der Waals surface area (Å²) >= 11 is 3.26. The van der Waals surface area contributed by atoms with E-state index >= 15 is 0 Å². The van der Waals surface area contributed by atoms with Gasteiger partial charge in [-0.25, -0.2) is 14.4 Å². The van der Waals surface area contributed by atoms with Crippen LogP contribution in [0.5, 0.6) is 0 Å². The van der Waals surface area contributed by atoms with Gasteiger partial charge in [-0.05, 0) is 34.1 Å². The van der Waals surface area contributed by atoms with Gasteiger partial charge in [0.15, 0.2) is 5.82 Å². The normalized spacial score (nSPS) is 10.1. The van der Waals surface area contributed by atoms with Gasteiger partial charge in [0.05, 0.1) is 5.56 Å². The minimum Gasteiger partial charge on any atom is -0.236 e. The molecule has 2 nitrogen and oxygen atoms in total. The van der Waals surface area contributed by atoms with Crippen molar-refractivity contribution in [2.24, 2.45) is 0 Å². The third-order valence-corrected chi connectivity index (χ3v) is 2.41. The highest BCUT2D eigenvalue weighted by atomic mass is 79.9. The fourth-order valence-electron chi connectivity index (χ4n) is 1.14. The van der Waals surface area contributed by atoms with Gasteiger partial charge in [-0.2, -0.15) is 0 Å². The van der Waals surface area contributed by atoms with E-state index in [0.717, 1.165) is 0 Å². The molecule has 0 spiro atoms. The number of benzene rings is 1. The molecule has 1 aromatic heterocycles. The van der Waals surface area contributed by atoms with Crippen LogP contribution >= 0.6 is 15.9 Å². The quantitative estimate of drug-likeness (QED) is 0.780. The van der Waals surface area contributed by atoms with E-state index in [9.17, 15) is 4.39 Å². The van der Waals surface area contributed by atoms with Crippen LogP contribution < -0.4 is 0 Å². The molecule has 0 aliphatic rings. The first-order chi connectivity index (χ1) is 6.79. The first-order valence-electron chi connectivity index (χ1n) is 4.00. The molecule has 0 unspecified atom stereocenters. The van der Waals surface area contributed by atoms with Crippen molar-refractivity contribution < 1.29 is 4.39 Å². The molecule has 0 amide bonds. The third-order valence-electron chi connectivity index (χ3n) is 1.75. The third kappa shape index (κ3) is 1.65. The van der Waals surface area contributed by atoms with Crippen LogP contribution in [-0.2, 0) is 0 Å². The van der Waals surface area contributed by atoms with Crippen LogP contribution in [0.3, 0.4) is 0 Å². The molecule has 1 heterocycles. The van der Waals surface area contributed by atoms with Crippen molar-refractivity contribution in [3.63, 3.8) is 0 Å². The second-order valence-corrected chi connectivity index (χ2v) is 3.52. The Labute approximate surface area is 89.0 Å². The lowest BCUT2D eigenvalue weighted by atomic mass is 10.2. The first kappa shape index (κ1) is 9.27. The summed E-state index contributed by atoms with van der Waals surface area (Å²) in [6.45, 7) is 0. The summed E-state index contributed by atoms with van der Waals surface area (Å²) in [7, 11) is 0. The summed E-state index contributed by atoms with van der Waals surface area (Å²) in [5.74, 6) is 0.0584. The van der Waals surface area contributed by atoms with Crippen molar-refractivity contribution in [1.29, 1.82) is 0 Å². The molecule has 70 valence electrons. The largest absolute Gasteiger partial charge is 0.236 e. The smallest absolute Gasteiger partial charge is 0.163 e.